The normalized spacial score (nSPS) is 14.1. The van der Waals surface area contributed by atoms with Gasteiger partial charge in [0, 0.05) is 25.2 Å². The van der Waals surface area contributed by atoms with Gasteiger partial charge < -0.3 is 19.7 Å². The molecule has 1 aliphatic heterocycles. The lowest BCUT2D eigenvalue weighted by Gasteiger charge is -2.30. The first kappa shape index (κ1) is 20.6. The summed E-state index contributed by atoms with van der Waals surface area (Å²) in [7, 11) is 0. The molecule has 146 valence electrons. The summed E-state index contributed by atoms with van der Waals surface area (Å²) in [5.74, 6) is 6.56. The number of hydrogen-bond acceptors (Lipinski definition) is 4. The van der Waals surface area contributed by atoms with Crippen molar-refractivity contribution in [2.75, 3.05) is 32.8 Å². The molecule has 6 nitrogen and oxygen atoms in total. The first-order chi connectivity index (χ1) is 13.1. The van der Waals surface area contributed by atoms with Crippen LogP contribution in [-0.2, 0) is 4.79 Å². The Bertz CT molecular complexity index is 713. The van der Waals surface area contributed by atoms with Crippen LogP contribution in [0.1, 0.15) is 44.0 Å². The average molecular weight is 372 g/mol. The van der Waals surface area contributed by atoms with E-state index in [2.05, 4.69) is 17.2 Å². The molecular weight excluding hydrogens is 344 g/mol. The number of carbonyl (C=O) groups is 2. The fourth-order valence-electron chi connectivity index (χ4n) is 3.06. The predicted octanol–water partition coefficient (Wildman–Crippen LogP) is 2.48. The molecule has 1 heterocycles. The maximum absolute atomic E-state index is 12.5. The molecule has 0 aromatic heterocycles. The van der Waals surface area contributed by atoms with E-state index < -0.39 is 0 Å². The summed E-state index contributed by atoms with van der Waals surface area (Å²) in [6.07, 6.45) is 1.73. The van der Waals surface area contributed by atoms with Gasteiger partial charge >= 0.3 is 0 Å². The zero-order chi connectivity index (χ0) is 19.6. The Morgan fingerprint density at radius 3 is 2.44 bits per heavy atom. The highest BCUT2D eigenvalue weighted by atomic mass is 16.5. The lowest BCUT2D eigenvalue weighted by Crippen LogP contribution is -2.41. The second-order valence-corrected chi connectivity index (χ2v) is 6.35. The van der Waals surface area contributed by atoms with Gasteiger partial charge in [-0.3, -0.25) is 9.59 Å². The third-order valence-corrected chi connectivity index (χ3v) is 4.49. The van der Waals surface area contributed by atoms with Gasteiger partial charge in [-0.25, -0.2) is 0 Å². The fraction of sp³-hybridized carbons (Fsp3) is 0.524. The van der Waals surface area contributed by atoms with Crippen molar-refractivity contribution in [2.45, 2.75) is 33.6 Å². The number of benzene rings is 1. The highest BCUT2D eigenvalue weighted by Gasteiger charge is 2.22. The Labute approximate surface area is 161 Å². The van der Waals surface area contributed by atoms with Gasteiger partial charge in [-0.15, -0.1) is 0 Å². The summed E-state index contributed by atoms with van der Waals surface area (Å²) >= 11 is 0. The largest absolute Gasteiger partial charge is 0.490 e. The average Bonchev–Trinajstić information content (AvgIpc) is 2.68. The molecule has 1 aromatic carbocycles. The van der Waals surface area contributed by atoms with Crippen molar-refractivity contribution in [3.63, 3.8) is 0 Å². The summed E-state index contributed by atoms with van der Waals surface area (Å²) in [6, 6.07) is 5.23. The van der Waals surface area contributed by atoms with E-state index in [9.17, 15) is 9.59 Å². The van der Waals surface area contributed by atoms with Gasteiger partial charge in [0.1, 0.15) is 0 Å². The summed E-state index contributed by atoms with van der Waals surface area (Å²) < 4.78 is 11.1. The number of ether oxygens (including phenoxy) is 2. The lowest BCUT2D eigenvalue weighted by molar-refractivity contribution is -0.126. The number of amides is 2. The molecule has 1 fully saturated rings. The van der Waals surface area contributed by atoms with Crippen LogP contribution in [-0.4, -0.2) is 49.6 Å². The lowest BCUT2D eigenvalue weighted by atomic mass is 9.96. The maximum atomic E-state index is 12.5. The van der Waals surface area contributed by atoms with Crippen molar-refractivity contribution in [1.29, 1.82) is 0 Å². The number of likely N-dealkylation sites (tertiary alicyclic amines) is 1. The van der Waals surface area contributed by atoms with Crippen molar-refractivity contribution in [1.82, 2.24) is 10.2 Å². The molecule has 1 saturated heterocycles. The van der Waals surface area contributed by atoms with Crippen LogP contribution in [0.5, 0.6) is 11.5 Å². The monoisotopic (exact) mass is 372 g/mol. The van der Waals surface area contributed by atoms with Crippen molar-refractivity contribution < 1.29 is 19.1 Å². The Kier molecular flexibility index (Phi) is 8.00. The number of rotatable bonds is 7. The van der Waals surface area contributed by atoms with Crippen molar-refractivity contribution >= 4 is 11.8 Å². The molecule has 0 aliphatic carbocycles. The number of nitrogens with zero attached hydrogens (tertiary/aromatic N) is 1. The molecule has 2 rings (SSSR count). The number of piperidine rings is 1. The van der Waals surface area contributed by atoms with Crippen LogP contribution in [0, 0.1) is 17.8 Å². The molecule has 0 bridgehead atoms. The van der Waals surface area contributed by atoms with E-state index in [4.69, 9.17) is 9.47 Å². The molecule has 0 radical (unpaired) electrons. The van der Waals surface area contributed by atoms with Gasteiger partial charge in [-0.05, 0) is 63.7 Å². The smallest absolute Gasteiger partial charge is 0.298 e. The Hall–Kier alpha value is -2.68. The van der Waals surface area contributed by atoms with E-state index in [1.165, 1.54) is 0 Å². The van der Waals surface area contributed by atoms with Crippen LogP contribution >= 0.6 is 0 Å². The minimum atomic E-state index is -0.130. The minimum absolute atomic E-state index is 0.113. The molecule has 1 aliphatic rings. The molecule has 0 unspecified atom stereocenters. The minimum Gasteiger partial charge on any atom is -0.490 e. The quantitative estimate of drug-likeness (QED) is 0.747. The Balaban J connectivity index is 1.88. The van der Waals surface area contributed by atoms with Gasteiger partial charge in [-0.1, -0.05) is 5.92 Å². The summed E-state index contributed by atoms with van der Waals surface area (Å²) in [6.45, 7) is 8.48. The number of nitrogens with one attached hydrogen (secondary N) is 1. The first-order valence-electron chi connectivity index (χ1n) is 9.48. The van der Waals surface area contributed by atoms with Crippen LogP contribution in [0.4, 0.5) is 0 Å². The highest BCUT2D eigenvalue weighted by Crippen LogP contribution is 2.28. The molecule has 0 atom stereocenters. The van der Waals surface area contributed by atoms with Crippen LogP contribution in [0.15, 0.2) is 18.2 Å². The van der Waals surface area contributed by atoms with Crippen molar-refractivity contribution in [3.8, 4) is 23.3 Å². The summed E-state index contributed by atoms with van der Waals surface area (Å²) in [5.41, 5.74) is 0.549. The molecule has 0 spiro atoms. The Morgan fingerprint density at radius 2 is 1.81 bits per heavy atom. The number of carbonyl (C=O) groups excluding carboxylic acids is 2. The molecular formula is C21H28N2O4. The SMILES string of the molecule is CC#CC(=O)N1CCC(CNC(=O)c2ccc(OCC)c(OCC)c2)CC1. The molecule has 1 N–H and O–H groups in total. The third-order valence-electron chi connectivity index (χ3n) is 4.49. The zero-order valence-electron chi connectivity index (χ0n) is 16.3. The van der Waals surface area contributed by atoms with Crippen LogP contribution < -0.4 is 14.8 Å². The number of hydrogen-bond donors (Lipinski definition) is 1. The van der Waals surface area contributed by atoms with E-state index in [0.717, 1.165) is 12.8 Å². The van der Waals surface area contributed by atoms with Crippen molar-refractivity contribution in [2.24, 2.45) is 5.92 Å². The predicted molar refractivity (Wildman–Crippen MR) is 104 cm³/mol. The topological polar surface area (TPSA) is 67.9 Å². The van der Waals surface area contributed by atoms with Crippen LogP contribution in [0.25, 0.3) is 0 Å². The van der Waals surface area contributed by atoms with E-state index >= 15 is 0 Å². The van der Waals surface area contributed by atoms with Gasteiger partial charge in [-0.2, -0.15) is 0 Å². The zero-order valence-corrected chi connectivity index (χ0v) is 16.3. The summed E-state index contributed by atoms with van der Waals surface area (Å²) in [5, 5.41) is 2.99. The first-order valence-corrected chi connectivity index (χ1v) is 9.48. The van der Waals surface area contributed by atoms with Crippen LogP contribution in [0.2, 0.25) is 0 Å². The third kappa shape index (κ3) is 5.92. The second-order valence-electron chi connectivity index (χ2n) is 6.35. The Morgan fingerprint density at radius 1 is 1.15 bits per heavy atom. The van der Waals surface area contributed by atoms with Gasteiger partial charge in [0.05, 0.1) is 13.2 Å². The molecule has 6 heteroatoms. The summed E-state index contributed by atoms with van der Waals surface area (Å²) in [4.78, 5) is 26.0. The standard InChI is InChI=1S/C21H28N2O4/c1-4-7-20(24)23-12-10-16(11-13-23)15-22-21(25)17-8-9-18(26-5-2)19(14-17)27-6-3/h8-9,14,16H,5-6,10-13,15H2,1-3H3,(H,22,25). The molecule has 0 saturated carbocycles. The molecule has 2 amide bonds. The van der Waals surface area contributed by atoms with E-state index in [1.807, 2.05) is 13.8 Å². The van der Waals surface area contributed by atoms with Crippen LogP contribution in [0.3, 0.4) is 0 Å². The van der Waals surface area contributed by atoms with E-state index in [-0.39, 0.29) is 11.8 Å². The van der Waals surface area contributed by atoms with E-state index in [0.29, 0.717) is 55.8 Å². The van der Waals surface area contributed by atoms with Gasteiger partial charge in [0.2, 0.25) is 0 Å². The maximum Gasteiger partial charge on any atom is 0.298 e. The molecule has 1 aromatic rings. The second kappa shape index (κ2) is 10.5. The van der Waals surface area contributed by atoms with E-state index in [1.54, 1.807) is 30.0 Å². The highest BCUT2D eigenvalue weighted by molar-refractivity contribution is 5.95. The van der Waals surface area contributed by atoms with Crippen molar-refractivity contribution in [3.05, 3.63) is 23.8 Å². The van der Waals surface area contributed by atoms with Gasteiger partial charge in [0.25, 0.3) is 11.8 Å². The fourth-order valence-corrected chi connectivity index (χ4v) is 3.06. The van der Waals surface area contributed by atoms with Gasteiger partial charge in [0.15, 0.2) is 11.5 Å². The molecule has 27 heavy (non-hydrogen) atoms.